The largest absolute Gasteiger partial charge is 0.354 e. The van der Waals surface area contributed by atoms with Crippen molar-refractivity contribution in [1.29, 1.82) is 0 Å². The van der Waals surface area contributed by atoms with Crippen molar-refractivity contribution in [3.63, 3.8) is 0 Å². The Hall–Kier alpha value is -1.32. The minimum Gasteiger partial charge on any atom is -0.354 e. The van der Waals surface area contributed by atoms with Crippen molar-refractivity contribution < 1.29 is 0 Å². The Morgan fingerprint density at radius 3 is 2.83 bits per heavy atom. The maximum absolute atomic E-state index is 4.69. The van der Waals surface area contributed by atoms with E-state index in [9.17, 15) is 0 Å². The third kappa shape index (κ3) is 2.57. The molecule has 2 heterocycles. The van der Waals surface area contributed by atoms with Crippen molar-refractivity contribution in [3.05, 3.63) is 11.8 Å². The lowest BCUT2D eigenvalue weighted by Gasteiger charge is -2.33. The zero-order valence-electron chi connectivity index (χ0n) is 12.0. The van der Waals surface area contributed by atoms with Crippen molar-refractivity contribution in [1.82, 2.24) is 9.97 Å². The Labute approximate surface area is 110 Å². The Bertz CT molecular complexity index is 414. The number of hydrogen-bond donors (Lipinski definition) is 1. The summed E-state index contributed by atoms with van der Waals surface area (Å²) in [5.41, 5.74) is 1.37. The molecule has 1 N–H and O–H groups in total. The first-order valence-corrected chi connectivity index (χ1v) is 6.90. The van der Waals surface area contributed by atoms with Crippen LogP contribution in [0.4, 0.5) is 11.8 Å². The van der Waals surface area contributed by atoms with E-state index in [4.69, 9.17) is 4.98 Å². The monoisotopic (exact) mass is 248 g/mol. The van der Waals surface area contributed by atoms with Gasteiger partial charge in [0.05, 0.1) is 0 Å². The highest BCUT2D eigenvalue weighted by molar-refractivity contribution is 5.51. The molecule has 0 atom stereocenters. The van der Waals surface area contributed by atoms with Crippen molar-refractivity contribution in [2.24, 2.45) is 0 Å². The molecule has 0 saturated carbocycles. The van der Waals surface area contributed by atoms with Gasteiger partial charge in [-0.2, -0.15) is 4.98 Å². The Balaban J connectivity index is 2.26. The van der Waals surface area contributed by atoms with Gasteiger partial charge in [0.1, 0.15) is 5.82 Å². The van der Waals surface area contributed by atoms with Gasteiger partial charge < -0.3 is 10.2 Å². The van der Waals surface area contributed by atoms with Gasteiger partial charge in [-0.1, -0.05) is 6.92 Å². The fourth-order valence-corrected chi connectivity index (χ4v) is 2.53. The Kier molecular flexibility index (Phi) is 3.73. The Morgan fingerprint density at radius 1 is 1.44 bits per heavy atom. The topological polar surface area (TPSA) is 41.1 Å². The van der Waals surface area contributed by atoms with Gasteiger partial charge in [-0.3, -0.25) is 0 Å². The first kappa shape index (κ1) is 13.1. The van der Waals surface area contributed by atoms with E-state index < -0.39 is 0 Å². The van der Waals surface area contributed by atoms with Crippen LogP contribution in [0.25, 0.3) is 0 Å². The molecule has 0 unspecified atom stereocenters. The molecule has 2 rings (SSSR count). The van der Waals surface area contributed by atoms with Crippen LogP contribution in [0, 0.1) is 6.92 Å². The second kappa shape index (κ2) is 5.12. The van der Waals surface area contributed by atoms with Gasteiger partial charge in [0.2, 0.25) is 5.95 Å². The van der Waals surface area contributed by atoms with Gasteiger partial charge in [-0.05, 0) is 40.0 Å². The molecule has 0 aromatic carbocycles. The summed E-state index contributed by atoms with van der Waals surface area (Å²) in [7, 11) is 0. The summed E-state index contributed by atoms with van der Waals surface area (Å²) in [6.45, 7) is 10.8. The van der Waals surface area contributed by atoms with Gasteiger partial charge in [0.25, 0.3) is 0 Å². The summed E-state index contributed by atoms with van der Waals surface area (Å²) in [5.74, 6) is 1.84. The summed E-state index contributed by atoms with van der Waals surface area (Å²) in [6.07, 6.45) is 5.48. The number of hydrogen-bond acceptors (Lipinski definition) is 4. The second-order valence-corrected chi connectivity index (χ2v) is 5.69. The predicted octanol–water partition coefficient (Wildman–Crippen LogP) is 2.99. The Morgan fingerprint density at radius 2 is 2.22 bits per heavy atom. The van der Waals surface area contributed by atoms with Gasteiger partial charge >= 0.3 is 0 Å². The number of aromatic nitrogens is 2. The van der Waals surface area contributed by atoms with Crippen LogP contribution in [0.3, 0.4) is 0 Å². The first-order chi connectivity index (χ1) is 8.54. The second-order valence-electron chi connectivity index (χ2n) is 5.69. The smallest absolute Gasteiger partial charge is 0.224 e. The number of nitrogens with zero attached hydrogens (tertiary/aromatic N) is 3. The lowest BCUT2D eigenvalue weighted by atomic mass is 10.0. The van der Waals surface area contributed by atoms with E-state index in [1.54, 1.807) is 0 Å². The number of nitrogens with one attached hydrogen (secondary N) is 1. The van der Waals surface area contributed by atoms with Gasteiger partial charge in [0, 0.05) is 30.4 Å². The average molecular weight is 248 g/mol. The normalized spacial score (nSPS) is 18.1. The highest BCUT2D eigenvalue weighted by Crippen LogP contribution is 2.34. The molecule has 1 aliphatic heterocycles. The van der Waals surface area contributed by atoms with Crippen molar-refractivity contribution in [2.45, 2.75) is 52.5 Å². The van der Waals surface area contributed by atoms with Crippen LogP contribution >= 0.6 is 0 Å². The highest BCUT2D eigenvalue weighted by atomic mass is 15.3. The molecule has 4 heteroatoms. The number of aryl methyl sites for hydroxylation is 1. The molecule has 18 heavy (non-hydrogen) atoms. The summed E-state index contributed by atoms with van der Waals surface area (Å²) in [6, 6.07) is 0. The lowest BCUT2D eigenvalue weighted by Crippen LogP contribution is -2.39. The van der Waals surface area contributed by atoms with Crippen LogP contribution in [0.15, 0.2) is 6.20 Å². The van der Waals surface area contributed by atoms with Crippen LogP contribution in [0.2, 0.25) is 0 Å². The van der Waals surface area contributed by atoms with Crippen LogP contribution in [0.5, 0.6) is 0 Å². The van der Waals surface area contributed by atoms with Crippen LogP contribution in [-0.4, -0.2) is 28.6 Å². The maximum atomic E-state index is 4.69. The molecule has 1 aromatic rings. The number of anilines is 2. The van der Waals surface area contributed by atoms with Crippen molar-refractivity contribution in [3.8, 4) is 0 Å². The summed E-state index contributed by atoms with van der Waals surface area (Å²) in [4.78, 5) is 11.5. The average Bonchev–Trinajstić information content (AvgIpc) is 2.68. The SMILES string of the molecule is CCCNc1ncc(C)c(N2CCCC2(C)C)n1. The number of rotatable bonds is 4. The minimum atomic E-state index is 0.209. The van der Waals surface area contributed by atoms with Gasteiger partial charge in [-0.25, -0.2) is 4.98 Å². The molecule has 0 spiro atoms. The van der Waals surface area contributed by atoms with E-state index in [0.29, 0.717) is 0 Å². The summed E-state index contributed by atoms with van der Waals surface area (Å²) >= 11 is 0. The van der Waals surface area contributed by atoms with E-state index in [1.807, 2.05) is 6.20 Å². The molecule has 1 saturated heterocycles. The molecular formula is C14H24N4. The summed E-state index contributed by atoms with van der Waals surface area (Å²) < 4.78 is 0. The van der Waals surface area contributed by atoms with E-state index >= 15 is 0 Å². The van der Waals surface area contributed by atoms with Gasteiger partial charge in [0.15, 0.2) is 0 Å². The van der Waals surface area contributed by atoms with Crippen LogP contribution < -0.4 is 10.2 Å². The van der Waals surface area contributed by atoms with Crippen molar-refractivity contribution >= 4 is 11.8 Å². The van der Waals surface area contributed by atoms with Crippen molar-refractivity contribution in [2.75, 3.05) is 23.3 Å². The fraction of sp³-hybridized carbons (Fsp3) is 0.714. The molecule has 4 nitrogen and oxygen atoms in total. The van der Waals surface area contributed by atoms with E-state index in [2.05, 4.69) is 42.9 Å². The molecule has 100 valence electrons. The molecule has 0 radical (unpaired) electrons. The molecule has 1 aliphatic rings. The molecular weight excluding hydrogens is 224 g/mol. The molecule has 0 amide bonds. The highest BCUT2D eigenvalue weighted by Gasteiger charge is 2.33. The molecule has 0 aliphatic carbocycles. The first-order valence-electron chi connectivity index (χ1n) is 6.90. The lowest BCUT2D eigenvalue weighted by molar-refractivity contribution is 0.513. The fourth-order valence-electron chi connectivity index (χ4n) is 2.53. The minimum absolute atomic E-state index is 0.209. The zero-order chi connectivity index (χ0) is 13.2. The standard InChI is InChI=1S/C14H24N4/c1-5-8-15-13-16-10-11(2)12(17-13)18-9-6-7-14(18,3)4/h10H,5-9H2,1-4H3,(H,15,16,17). The maximum Gasteiger partial charge on any atom is 0.224 e. The quantitative estimate of drug-likeness (QED) is 0.889. The van der Waals surface area contributed by atoms with Gasteiger partial charge in [-0.15, -0.1) is 0 Å². The molecule has 1 aromatic heterocycles. The van der Waals surface area contributed by atoms with E-state index in [-0.39, 0.29) is 5.54 Å². The van der Waals surface area contributed by atoms with E-state index in [0.717, 1.165) is 36.8 Å². The third-order valence-corrected chi connectivity index (χ3v) is 3.63. The zero-order valence-corrected chi connectivity index (χ0v) is 12.0. The van der Waals surface area contributed by atoms with Crippen LogP contribution in [0.1, 0.15) is 45.6 Å². The predicted molar refractivity (Wildman–Crippen MR) is 76.2 cm³/mol. The molecule has 0 bridgehead atoms. The summed E-state index contributed by atoms with van der Waals surface area (Å²) in [5, 5.41) is 3.26. The van der Waals surface area contributed by atoms with Crippen LogP contribution in [-0.2, 0) is 0 Å². The molecule has 1 fully saturated rings. The van der Waals surface area contributed by atoms with E-state index in [1.165, 1.54) is 12.8 Å². The third-order valence-electron chi connectivity index (χ3n) is 3.63.